The summed E-state index contributed by atoms with van der Waals surface area (Å²) < 4.78 is 12.2. The SMILES string of the molecule is COc1cc(-c2nc3nc[nH]n3c2NC(C)(C)C)cc(OC)c1O. The molecule has 1 aromatic carbocycles. The van der Waals surface area contributed by atoms with E-state index in [1.54, 1.807) is 23.0 Å². The first-order valence-corrected chi connectivity index (χ1v) is 7.49. The van der Waals surface area contributed by atoms with Gasteiger partial charge in [0.2, 0.25) is 5.75 Å². The van der Waals surface area contributed by atoms with E-state index in [0.29, 0.717) is 23.0 Å². The van der Waals surface area contributed by atoms with E-state index in [1.807, 2.05) is 0 Å². The summed E-state index contributed by atoms with van der Waals surface area (Å²) in [4.78, 5) is 8.78. The average molecular weight is 331 g/mol. The minimum absolute atomic E-state index is 0.0445. The smallest absolute Gasteiger partial charge is 0.252 e. The lowest BCUT2D eigenvalue weighted by atomic mass is 10.1. The van der Waals surface area contributed by atoms with Crippen LogP contribution in [0.3, 0.4) is 0 Å². The van der Waals surface area contributed by atoms with Crippen LogP contribution in [0, 0.1) is 0 Å². The number of imidazole rings is 1. The Morgan fingerprint density at radius 2 is 1.79 bits per heavy atom. The molecule has 0 radical (unpaired) electrons. The maximum atomic E-state index is 10.1. The molecule has 0 aliphatic heterocycles. The number of nitrogens with one attached hydrogen (secondary N) is 2. The van der Waals surface area contributed by atoms with E-state index >= 15 is 0 Å². The van der Waals surface area contributed by atoms with Crippen molar-refractivity contribution in [2.45, 2.75) is 26.3 Å². The number of hydrogen-bond donors (Lipinski definition) is 3. The van der Waals surface area contributed by atoms with E-state index in [0.717, 1.165) is 11.4 Å². The molecule has 0 atom stereocenters. The number of phenols is 1. The van der Waals surface area contributed by atoms with Crippen LogP contribution in [-0.2, 0) is 0 Å². The van der Waals surface area contributed by atoms with Crippen LogP contribution in [0.5, 0.6) is 17.2 Å². The highest BCUT2D eigenvalue weighted by Gasteiger charge is 2.22. The second-order valence-electron chi connectivity index (χ2n) is 6.44. The first-order chi connectivity index (χ1) is 11.3. The number of phenolic OH excluding ortho intramolecular Hbond substituents is 1. The van der Waals surface area contributed by atoms with Crippen LogP contribution < -0.4 is 14.8 Å². The van der Waals surface area contributed by atoms with Gasteiger partial charge in [-0.05, 0) is 32.9 Å². The predicted molar refractivity (Wildman–Crippen MR) is 90.9 cm³/mol. The number of anilines is 1. The van der Waals surface area contributed by atoms with Gasteiger partial charge in [0.25, 0.3) is 5.78 Å². The van der Waals surface area contributed by atoms with Gasteiger partial charge in [0.05, 0.1) is 14.2 Å². The van der Waals surface area contributed by atoms with E-state index in [4.69, 9.17) is 9.47 Å². The van der Waals surface area contributed by atoms with Crippen LogP contribution in [-0.4, -0.2) is 44.4 Å². The number of nitrogens with zero attached hydrogens (tertiary/aromatic N) is 3. The van der Waals surface area contributed by atoms with Crippen molar-refractivity contribution in [1.29, 1.82) is 0 Å². The summed E-state index contributed by atoms with van der Waals surface area (Å²) in [5, 5.41) is 16.6. The maximum absolute atomic E-state index is 10.1. The molecule has 8 nitrogen and oxygen atoms in total. The number of ether oxygens (including phenoxy) is 2. The highest BCUT2D eigenvalue weighted by Crippen LogP contribution is 2.42. The lowest BCUT2D eigenvalue weighted by Crippen LogP contribution is -2.27. The highest BCUT2D eigenvalue weighted by atomic mass is 16.5. The first kappa shape index (κ1) is 16.0. The zero-order chi connectivity index (χ0) is 17.5. The highest BCUT2D eigenvalue weighted by molar-refractivity contribution is 5.79. The Morgan fingerprint density at radius 3 is 2.33 bits per heavy atom. The summed E-state index contributed by atoms with van der Waals surface area (Å²) in [7, 11) is 2.98. The van der Waals surface area contributed by atoms with Gasteiger partial charge in [0, 0.05) is 11.1 Å². The van der Waals surface area contributed by atoms with Crippen molar-refractivity contribution >= 4 is 11.6 Å². The van der Waals surface area contributed by atoms with Crippen molar-refractivity contribution in [2.75, 3.05) is 19.5 Å². The summed E-state index contributed by atoms with van der Waals surface area (Å²) in [5.41, 5.74) is 1.24. The second kappa shape index (κ2) is 5.63. The van der Waals surface area contributed by atoms with Crippen LogP contribution in [0.15, 0.2) is 18.5 Å². The van der Waals surface area contributed by atoms with Crippen LogP contribution >= 0.6 is 0 Å². The number of aromatic amines is 1. The normalized spacial score (nSPS) is 11.7. The number of aromatic hydroxyl groups is 1. The fourth-order valence-electron chi connectivity index (χ4n) is 2.46. The van der Waals surface area contributed by atoms with Crippen molar-refractivity contribution < 1.29 is 14.6 Å². The topological polar surface area (TPSA) is 96.7 Å². The molecule has 3 aromatic rings. The Morgan fingerprint density at radius 1 is 1.17 bits per heavy atom. The Bertz CT molecular complexity index is 851. The Kier molecular flexibility index (Phi) is 3.75. The number of fused-ring (bicyclic) bond motifs is 1. The number of benzene rings is 1. The number of aromatic nitrogens is 4. The van der Waals surface area contributed by atoms with E-state index in [2.05, 4.69) is 41.2 Å². The molecular formula is C16H21N5O3. The molecule has 24 heavy (non-hydrogen) atoms. The molecule has 3 N–H and O–H groups in total. The van der Waals surface area contributed by atoms with Gasteiger partial charge in [-0.2, -0.15) is 0 Å². The molecule has 128 valence electrons. The molecule has 0 unspecified atom stereocenters. The van der Waals surface area contributed by atoms with Gasteiger partial charge in [-0.1, -0.05) is 0 Å². The number of methoxy groups -OCH3 is 2. The molecule has 0 saturated heterocycles. The molecule has 8 heteroatoms. The second-order valence-corrected chi connectivity index (χ2v) is 6.44. The van der Waals surface area contributed by atoms with Crippen molar-refractivity contribution in [1.82, 2.24) is 19.6 Å². The lowest BCUT2D eigenvalue weighted by molar-refractivity contribution is 0.340. The molecule has 0 amide bonds. The van der Waals surface area contributed by atoms with Crippen LogP contribution in [0.2, 0.25) is 0 Å². The summed E-state index contributed by atoms with van der Waals surface area (Å²) in [5.74, 6) is 1.90. The average Bonchev–Trinajstić information content (AvgIpc) is 3.09. The fraction of sp³-hybridized carbons (Fsp3) is 0.375. The summed E-state index contributed by atoms with van der Waals surface area (Å²) in [6.45, 7) is 6.18. The number of H-pyrrole nitrogens is 1. The molecule has 0 bridgehead atoms. The minimum Gasteiger partial charge on any atom is -0.502 e. The largest absolute Gasteiger partial charge is 0.502 e. The van der Waals surface area contributed by atoms with Crippen LogP contribution in [0.1, 0.15) is 20.8 Å². The van der Waals surface area contributed by atoms with E-state index in [-0.39, 0.29) is 11.3 Å². The number of hydrogen-bond acceptors (Lipinski definition) is 6. The first-order valence-electron chi connectivity index (χ1n) is 7.49. The molecule has 0 spiro atoms. The third-order valence-corrected chi connectivity index (χ3v) is 3.47. The van der Waals surface area contributed by atoms with Gasteiger partial charge in [-0.3, -0.25) is 5.10 Å². The van der Waals surface area contributed by atoms with Crippen molar-refractivity contribution in [3.8, 4) is 28.5 Å². The van der Waals surface area contributed by atoms with E-state index in [9.17, 15) is 5.11 Å². The minimum atomic E-state index is -0.180. The van der Waals surface area contributed by atoms with Gasteiger partial charge < -0.3 is 19.9 Å². The van der Waals surface area contributed by atoms with Crippen molar-refractivity contribution in [3.05, 3.63) is 18.5 Å². The van der Waals surface area contributed by atoms with E-state index < -0.39 is 0 Å². The molecule has 0 aliphatic carbocycles. The molecule has 0 aliphatic rings. The van der Waals surface area contributed by atoms with Crippen LogP contribution in [0.4, 0.5) is 5.82 Å². The van der Waals surface area contributed by atoms with Crippen LogP contribution in [0.25, 0.3) is 17.0 Å². The molecule has 0 saturated carbocycles. The predicted octanol–water partition coefficient (Wildman–Crippen LogP) is 2.66. The standard InChI is InChI=1S/C16H21N5O3/c1-16(2,3)20-14-12(19-15-17-8-18-21(14)15)9-6-10(23-4)13(22)11(7-9)24-5/h6-8,20,22H,1-5H3,(H,17,18,19). The van der Waals surface area contributed by atoms with Crippen molar-refractivity contribution in [2.24, 2.45) is 0 Å². The summed E-state index contributed by atoms with van der Waals surface area (Å²) in [6.07, 6.45) is 1.58. The molecule has 0 fully saturated rings. The van der Waals surface area contributed by atoms with E-state index in [1.165, 1.54) is 14.2 Å². The third kappa shape index (κ3) is 2.70. The monoisotopic (exact) mass is 331 g/mol. The molecule has 2 heterocycles. The summed E-state index contributed by atoms with van der Waals surface area (Å²) >= 11 is 0. The Hall–Kier alpha value is -2.90. The Labute approximate surface area is 139 Å². The molecular weight excluding hydrogens is 310 g/mol. The third-order valence-electron chi connectivity index (χ3n) is 3.47. The maximum Gasteiger partial charge on any atom is 0.252 e. The zero-order valence-electron chi connectivity index (χ0n) is 14.3. The summed E-state index contributed by atoms with van der Waals surface area (Å²) in [6, 6.07) is 3.43. The van der Waals surface area contributed by atoms with Gasteiger partial charge in [0.15, 0.2) is 17.3 Å². The van der Waals surface area contributed by atoms with Gasteiger partial charge in [-0.25, -0.2) is 14.5 Å². The zero-order valence-corrected chi connectivity index (χ0v) is 14.3. The Balaban J connectivity index is 2.22. The quantitative estimate of drug-likeness (QED) is 0.680. The fourth-order valence-corrected chi connectivity index (χ4v) is 2.46. The molecule has 2 aromatic heterocycles. The van der Waals surface area contributed by atoms with Crippen molar-refractivity contribution in [3.63, 3.8) is 0 Å². The number of rotatable bonds is 4. The van der Waals surface area contributed by atoms with Gasteiger partial charge in [0.1, 0.15) is 12.0 Å². The van der Waals surface area contributed by atoms with Gasteiger partial charge in [-0.15, -0.1) is 0 Å². The van der Waals surface area contributed by atoms with Gasteiger partial charge >= 0.3 is 0 Å². The lowest BCUT2D eigenvalue weighted by Gasteiger charge is -2.22. The molecule has 3 rings (SSSR count).